The second-order valence-electron chi connectivity index (χ2n) is 13.6. The van der Waals surface area contributed by atoms with E-state index in [-0.39, 0.29) is 40.8 Å². The van der Waals surface area contributed by atoms with Crippen molar-refractivity contribution in [1.29, 1.82) is 0 Å². The van der Waals surface area contributed by atoms with Crippen LogP contribution in [0.2, 0.25) is 0 Å². The Labute approximate surface area is 216 Å². The van der Waals surface area contributed by atoms with Gasteiger partial charge in [-0.25, -0.2) is 4.18 Å². The number of rotatable bonds is 8. The Bertz CT molecular complexity index is 892. The van der Waals surface area contributed by atoms with Gasteiger partial charge in [-0.2, -0.15) is 8.42 Å². The summed E-state index contributed by atoms with van der Waals surface area (Å²) in [5.41, 5.74) is -1.57. The highest BCUT2D eigenvalue weighted by molar-refractivity contribution is 7.80. The van der Waals surface area contributed by atoms with Gasteiger partial charge in [0.25, 0.3) is 0 Å². The molecular weight excluding hydrogens is 484 g/mol. The summed E-state index contributed by atoms with van der Waals surface area (Å²) in [6.07, 6.45) is 6.76. The third-order valence-electron chi connectivity index (χ3n) is 11.4. The second-order valence-corrected chi connectivity index (χ2v) is 14.7. The van der Waals surface area contributed by atoms with Crippen LogP contribution in [0.1, 0.15) is 91.9 Å². The molecule has 0 aromatic carbocycles. The first-order chi connectivity index (χ1) is 16.6. The van der Waals surface area contributed by atoms with Gasteiger partial charge in [0.1, 0.15) is 0 Å². The van der Waals surface area contributed by atoms with Gasteiger partial charge in [0.05, 0.1) is 30.5 Å². The van der Waals surface area contributed by atoms with Gasteiger partial charge in [-0.3, -0.25) is 4.55 Å². The van der Waals surface area contributed by atoms with Crippen molar-refractivity contribution in [3.63, 3.8) is 0 Å². The molecule has 0 bridgehead atoms. The van der Waals surface area contributed by atoms with Crippen LogP contribution < -0.4 is 0 Å². The molecule has 12 unspecified atom stereocenters. The monoisotopic (exact) mass is 532 g/mol. The van der Waals surface area contributed by atoms with Crippen LogP contribution in [0, 0.1) is 46.3 Å². The minimum Gasteiger partial charge on any atom is -0.393 e. The molecule has 36 heavy (non-hydrogen) atoms. The summed E-state index contributed by atoms with van der Waals surface area (Å²) in [5, 5.41) is 43.8. The largest absolute Gasteiger partial charge is 0.397 e. The zero-order chi connectivity index (χ0) is 26.7. The van der Waals surface area contributed by atoms with Crippen LogP contribution in [0.4, 0.5) is 0 Å². The molecule has 4 fully saturated rings. The summed E-state index contributed by atoms with van der Waals surface area (Å²) < 4.78 is 34.8. The second kappa shape index (κ2) is 10.0. The van der Waals surface area contributed by atoms with Gasteiger partial charge in [-0.1, -0.05) is 33.6 Å². The van der Waals surface area contributed by atoms with E-state index in [2.05, 4.69) is 25.0 Å². The summed E-state index contributed by atoms with van der Waals surface area (Å²) in [7, 11) is -4.59. The molecule has 4 saturated carbocycles. The molecule has 8 nitrogen and oxygen atoms in total. The van der Waals surface area contributed by atoms with E-state index < -0.39 is 28.7 Å². The first kappa shape index (κ1) is 28.7. The SMILES string of the molecule is CC(CCCC(C)(O)COS(=O)(=O)O)C1CCC2C3C(O)CC4CC(O)CCC4(C)C3CC(O)C12C. The van der Waals surface area contributed by atoms with Gasteiger partial charge >= 0.3 is 10.4 Å². The van der Waals surface area contributed by atoms with E-state index in [9.17, 15) is 28.8 Å². The Balaban J connectivity index is 1.43. The molecular formula is C27H48O8S. The summed E-state index contributed by atoms with van der Waals surface area (Å²) in [4.78, 5) is 0. The fourth-order valence-corrected chi connectivity index (χ4v) is 9.81. The lowest BCUT2D eigenvalue weighted by Gasteiger charge is -2.63. The maximum absolute atomic E-state index is 11.7. The van der Waals surface area contributed by atoms with Crippen molar-refractivity contribution >= 4 is 10.4 Å². The van der Waals surface area contributed by atoms with E-state index in [1.54, 1.807) is 0 Å². The summed E-state index contributed by atoms with van der Waals surface area (Å²) in [5.74, 6) is 1.65. The van der Waals surface area contributed by atoms with Crippen LogP contribution in [0.3, 0.4) is 0 Å². The maximum Gasteiger partial charge on any atom is 0.397 e. The lowest BCUT2D eigenvalue weighted by Crippen LogP contribution is -2.62. The molecule has 0 saturated heterocycles. The van der Waals surface area contributed by atoms with Crippen molar-refractivity contribution in [3.05, 3.63) is 0 Å². The van der Waals surface area contributed by atoms with Crippen molar-refractivity contribution in [2.24, 2.45) is 46.3 Å². The molecule has 4 rings (SSSR count). The van der Waals surface area contributed by atoms with Crippen LogP contribution in [-0.2, 0) is 14.6 Å². The van der Waals surface area contributed by atoms with E-state index in [0.29, 0.717) is 37.0 Å². The third kappa shape index (κ3) is 5.27. The van der Waals surface area contributed by atoms with Gasteiger partial charge < -0.3 is 20.4 Å². The van der Waals surface area contributed by atoms with Gasteiger partial charge in [-0.05, 0) is 105 Å². The molecule has 210 valence electrons. The topological polar surface area (TPSA) is 145 Å². The predicted octanol–water partition coefficient (Wildman–Crippen LogP) is 3.32. The summed E-state index contributed by atoms with van der Waals surface area (Å²) >= 11 is 0. The van der Waals surface area contributed by atoms with Crippen LogP contribution in [-0.4, -0.2) is 63.9 Å². The predicted molar refractivity (Wildman–Crippen MR) is 135 cm³/mol. The maximum atomic E-state index is 11.7. The molecule has 4 aliphatic rings. The minimum atomic E-state index is -4.59. The van der Waals surface area contributed by atoms with Gasteiger partial charge in [0, 0.05) is 0 Å². The Morgan fingerprint density at radius 2 is 1.75 bits per heavy atom. The molecule has 12 atom stereocenters. The van der Waals surface area contributed by atoms with Crippen LogP contribution in [0.25, 0.3) is 0 Å². The fourth-order valence-electron chi connectivity index (χ4n) is 9.41. The highest BCUT2D eigenvalue weighted by atomic mass is 32.3. The van der Waals surface area contributed by atoms with Crippen molar-refractivity contribution < 1.29 is 37.6 Å². The Morgan fingerprint density at radius 3 is 2.42 bits per heavy atom. The zero-order valence-corrected chi connectivity index (χ0v) is 23.2. The average molecular weight is 533 g/mol. The Morgan fingerprint density at radius 1 is 1.06 bits per heavy atom. The number of aliphatic hydroxyl groups excluding tert-OH is 3. The molecule has 0 heterocycles. The number of aliphatic hydroxyl groups is 4. The molecule has 0 aromatic rings. The normalized spacial score (nSPS) is 47.4. The molecule has 5 N–H and O–H groups in total. The lowest BCUT2D eigenvalue weighted by molar-refractivity contribution is -0.207. The highest BCUT2D eigenvalue weighted by Crippen LogP contribution is 2.68. The summed E-state index contributed by atoms with van der Waals surface area (Å²) in [6, 6.07) is 0. The van der Waals surface area contributed by atoms with Gasteiger partial charge in [0.2, 0.25) is 0 Å². The van der Waals surface area contributed by atoms with E-state index >= 15 is 0 Å². The number of fused-ring (bicyclic) bond motifs is 5. The van der Waals surface area contributed by atoms with Crippen molar-refractivity contribution in [2.45, 2.75) is 116 Å². The van der Waals surface area contributed by atoms with Crippen molar-refractivity contribution in [2.75, 3.05) is 6.61 Å². The van der Waals surface area contributed by atoms with E-state index in [0.717, 1.165) is 44.9 Å². The van der Waals surface area contributed by atoms with E-state index in [1.807, 2.05) is 0 Å². The molecule has 0 aromatic heterocycles. The molecule has 0 spiro atoms. The fraction of sp³-hybridized carbons (Fsp3) is 1.00. The first-order valence-electron chi connectivity index (χ1n) is 14.0. The van der Waals surface area contributed by atoms with Crippen molar-refractivity contribution in [3.8, 4) is 0 Å². The molecule has 0 radical (unpaired) electrons. The number of hydrogen-bond acceptors (Lipinski definition) is 7. The van der Waals surface area contributed by atoms with Crippen LogP contribution in [0.5, 0.6) is 0 Å². The lowest BCUT2D eigenvalue weighted by atomic mass is 9.43. The van der Waals surface area contributed by atoms with Crippen molar-refractivity contribution in [1.82, 2.24) is 0 Å². The van der Waals surface area contributed by atoms with Gasteiger partial charge in [0.15, 0.2) is 0 Å². The minimum absolute atomic E-state index is 0.0604. The quantitative estimate of drug-likeness (QED) is 0.299. The van der Waals surface area contributed by atoms with Crippen LogP contribution in [0.15, 0.2) is 0 Å². The first-order valence-corrected chi connectivity index (χ1v) is 15.3. The summed E-state index contributed by atoms with van der Waals surface area (Å²) in [6.45, 7) is 7.80. The smallest absolute Gasteiger partial charge is 0.393 e. The average Bonchev–Trinajstić information content (AvgIpc) is 3.12. The molecule has 4 aliphatic carbocycles. The molecule has 9 heteroatoms. The molecule has 0 aliphatic heterocycles. The Kier molecular flexibility index (Phi) is 8.00. The van der Waals surface area contributed by atoms with E-state index in [1.165, 1.54) is 6.92 Å². The highest BCUT2D eigenvalue weighted by Gasteiger charge is 2.65. The van der Waals surface area contributed by atoms with Crippen LogP contribution >= 0.6 is 0 Å². The standard InChI is InChI=1S/C27H48O8S/c1-16(6-5-10-25(2,31)15-35-36(32,33)34)19-7-8-20-24-21(14-23(30)27(19,20)4)26(3)11-9-18(28)12-17(26)13-22(24)29/h16-24,28-31H,5-15H2,1-4H3,(H,32,33,34). The Hall–Kier alpha value is -0.290. The van der Waals surface area contributed by atoms with Gasteiger partial charge in [-0.15, -0.1) is 0 Å². The van der Waals surface area contributed by atoms with E-state index in [4.69, 9.17) is 4.55 Å². The number of hydrogen-bond donors (Lipinski definition) is 5. The third-order valence-corrected chi connectivity index (χ3v) is 11.8. The molecule has 0 amide bonds. The zero-order valence-electron chi connectivity index (χ0n) is 22.3.